The SMILES string of the molecule is CC1CC2(CCCCCC2)N2C(=O)Cc3cc(Br)cc1c32. The minimum absolute atomic E-state index is 0.110. The Bertz CT molecular complexity index is 601. The number of carbonyl (C=O) groups excluding carboxylic acids is 1. The summed E-state index contributed by atoms with van der Waals surface area (Å²) < 4.78 is 1.12. The normalized spacial score (nSPS) is 26.9. The Morgan fingerprint density at radius 2 is 1.90 bits per heavy atom. The van der Waals surface area contributed by atoms with E-state index in [9.17, 15) is 4.79 Å². The minimum atomic E-state index is 0.110. The van der Waals surface area contributed by atoms with Gasteiger partial charge in [-0.25, -0.2) is 0 Å². The highest BCUT2D eigenvalue weighted by Crippen LogP contribution is 2.53. The number of benzene rings is 1. The summed E-state index contributed by atoms with van der Waals surface area (Å²) in [4.78, 5) is 15.0. The van der Waals surface area contributed by atoms with Crippen LogP contribution in [0, 0.1) is 0 Å². The van der Waals surface area contributed by atoms with Crippen LogP contribution in [0.4, 0.5) is 5.69 Å². The van der Waals surface area contributed by atoms with Gasteiger partial charge in [-0.3, -0.25) is 4.79 Å². The van der Waals surface area contributed by atoms with Gasteiger partial charge in [0, 0.05) is 10.0 Å². The number of amides is 1. The van der Waals surface area contributed by atoms with E-state index in [2.05, 4.69) is 39.9 Å². The maximum Gasteiger partial charge on any atom is 0.232 e. The van der Waals surface area contributed by atoms with Crippen LogP contribution in [0.3, 0.4) is 0 Å². The molecule has 1 spiro atoms. The molecule has 1 unspecified atom stereocenters. The highest BCUT2D eigenvalue weighted by atomic mass is 79.9. The first-order chi connectivity index (χ1) is 10.1. The summed E-state index contributed by atoms with van der Waals surface area (Å²) in [6.45, 7) is 2.34. The highest BCUT2D eigenvalue weighted by Gasteiger charge is 2.49. The van der Waals surface area contributed by atoms with Crippen LogP contribution in [0.5, 0.6) is 0 Å². The summed E-state index contributed by atoms with van der Waals surface area (Å²) in [5.41, 5.74) is 3.99. The Morgan fingerprint density at radius 3 is 2.62 bits per heavy atom. The van der Waals surface area contributed by atoms with Crippen molar-refractivity contribution in [2.45, 2.75) is 69.7 Å². The lowest BCUT2D eigenvalue weighted by Gasteiger charge is -2.48. The average Bonchev–Trinajstić information content (AvgIpc) is 2.62. The van der Waals surface area contributed by atoms with E-state index in [4.69, 9.17) is 0 Å². The van der Waals surface area contributed by atoms with E-state index >= 15 is 0 Å². The van der Waals surface area contributed by atoms with E-state index in [1.807, 2.05) is 0 Å². The fraction of sp³-hybridized carbons (Fsp3) is 0.611. The van der Waals surface area contributed by atoms with Crippen molar-refractivity contribution in [2.75, 3.05) is 4.90 Å². The maximum absolute atomic E-state index is 12.8. The third-order valence-electron chi connectivity index (χ3n) is 5.72. The van der Waals surface area contributed by atoms with E-state index in [0.717, 1.165) is 10.9 Å². The van der Waals surface area contributed by atoms with Crippen molar-refractivity contribution in [2.24, 2.45) is 0 Å². The molecule has 4 rings (SSSR count). The first-order valence-electron chi connectivity index (χ1n) is 8.26. The van der Waals surface area contributed by atoms with Crippen molar-refractivity contribution in [3.63, 3.8) is 0 Å². The smallest absolute Gasteiger partial charge is 0.232 e. The molecule has 21 heavy (non-hydrogen) atoms. The van der Waals surface area contributed by atoms with Crippen LogP contribution in [0.15, 0.2) is 16.6 Å². The van der Waals surface area contributed by atoms with Crippen LogP contribution in [0.1, 0.15) is 68.9 Å². The van der Waals surface area contributed by atoms with Gasteiger partial charge in [0.1, 0.15) is 0 Å². The fourth-order valence-corrected chi connectivity index (χ4v) is 5.44. The van der Waals surface area contributed by atoms with Crippen molar-refractivity contribution in [1.82, 2.24) is 0 Å². The van der Waals surface area contributed by atoms with Crippen LogP contribution in [0.2, 0.25) is 0 Å². The molecule has 2 aliphatic heterocycles. The summed E-state index contributed by atoms with van der Waals surface area (Å²) >= 11 is 3.62. The number of hydrogen-bond donors (Lipinski definition) is 0. The summed E-state index contributed by atoms with van der Waals surface area (Å²) in [5.74, 6) is 0.884. The quantitative estimate of drug-likeness (QED) is 0.650. The van der Waals surface area contributed by atoms with E-state index in [1.54, 1.807) is 0 Å². The molecule has 0 aromatic heterocycles. The van der Waals surface area contributed by atoms with Crippen LogP contribution in [-0.2, 0) is 11.2 Å². The minimum Gasteiger partial charge on any atom is -0.305 e. The largest absolute Gasteiger partial charge is 0.305 e. The lowest BCUT2D eigenvalue weighted by molar-refractivity contribution is -0.118. The van der Waals surface area contributed by atoms with Gasteiger partial charge in [0.15, 0.2) is 0 Å². The van der Waals surface area contributed by atoms with Crippen molar-refractivity contribution in [1.29, 1.82) is 0 Å². The predicted octanol–water partition coefficient (Wildman–Crippen LogP) is 4.94. The van der Waals surface area contributed by atoms with Gasteiger partial charge in [0.2, 0.25) is 5.91 Å². The zero-order valence-corrected chi connectivity index (χ0v) is 14.2. The second-order valence-electron chi connectivity index (χ2n) is 7.15. The molecule has 1 saturated carbocycles. The Labute approximate surface area is 135 Å². The molecule has 1 aromatic rings. The van der Waals surface area contributed by atoms with E-state index < -0.39 is 0 Å². The molecule has 1 amide bonds. The zero-order chi connectivity index (χ0) is 14.6. The second-order valence-corrected chi connectivity index (χ2v) is 8.07. The van der Waals surface area contributed by atoms with Crippen molar-refractivity contribution in [3.05, 3.63) is 27.7 Å². The van der Waals surface area contributed by atoms with Crippen LogP contribution >= 0.6 is 15.9 Å². The average molecular weight is 348 g/mol. The Hall–Kier alpha value is -0.830. The van der Waals surface area contributed by atoms with Gasteiger partial charge < -0.3 is 4.90 Å². The highest BCUT2D eigenvalue weighted by molar-refractivity contribution is 9.10. The molecule has 0 radical (unpaired) electrons. The topological polar surface area (TPSA) is 20.3 Å². The molecule has 3 aliphatic rings. The molecule has 0 bridgehead atoms. The van der Waals surface area contributed by atoms with Crippen molar-refractivity contribution < 1.29 is 4.79 Å². The Balaban J connectivity index is 1.88. The standard InChI is InChI=1S/C18H22BrNO/c1-12-11-18(6-4-2-3-5-7-18)20-16(21)9-13-8-14(19)10-15(12)17(13)20/h8,10,12H,2-7,9,11H2,1H3. The summed E-state index contributed by atoms with van der Waals surface area (Å²) in [5, 5.41) is 0. The molecule has 1 fully saturated rings. The molecule has 1 aliphatic carbocycles. The molecule has 1 aromatic carbocycles. The Kier molecular flexibility index (Phi) is 3.18. The van der Waals surface area contributed by atoms with Gasteiger partial charge in [-0.1, -0.05) is 48.5 Å². The summed E-state index contributed by atoms with van der Waals surface area (Å²) in [6, 6.07) is 4.39. The number of halogens is 1. The molecule has 112 valence electrons. The first-order valence-corrected chi connectivity index (χ1v) is 9.05. The number of carbonyl (C=O) groups is 1. The van der Waals surface area contributed by atoms with Crippen molar-refractivity contribution >= 4 is 27.5 Å². The van der Waals surface area contributed by atoms with Gasteiger partial charge >= 0.3 is 0 Å². The predicted molar refractivity (Wildman–Crippen MR) is 88.8 cm³/mol. The van der Waals surface area contributed by atoms with Crippen molar-refractivity contribution in [3.8, 4) is 0 Å². The summed E-state index contributed by atoms with van der Waals surface area (Å²) in [7, 11) is 0. The molecule has 1 atom stereocenters. The monoisotopic (exact) mass is 347 g/mol. The van der Waals surface area contributed by atoms with Gasteiger partial charge in [0.25, 0.3) is 0 Å². The third-order valence-corrected chi connectivity index (χ3v) is 6.18. The molecule has 2 nitrogen and oxygen atoms in total. The lowest BCUT2D eigenvalue weighted by atomic mass is 9.74. The second kappa shape index (κ2) is 4.84. The molecule has 3 heteroatoms. The van der Waals surface area contributed by atoms with Crippen LogP contribution < -0.4 is 4.90 Å². The fourth-order valence-electron chi connectivity index (χ4n) is 4.92. The Morgan fingerprint density at radius 1 is 1.19 bits per heavy atom. The summed E-state index contributed by atoms with van der Waals surface area (Å²) in [6.07, 6.45) is 9.33. The molecule has 2 heterocycles. The number of nitrogens with zero attached hydrogens (tertiary/aromatic N) is 1. The molecule has 0 saturated heterocycles. The zero-order valence-electron chi connectivity index (χ0n) is 12.6. The molecule has 0 N–H and O–H groups in total. The van der Waals surface area contributed by atoms with Crippen LogP contribution in [0.25, 0.3) is 0 Å². The molecular formula is C18H22BrNO. The number of hydrogen-bond acceptors (Lipinski definition) is 1. The number of anilines is 1. The van der Waals surface area contributed by atoms with Gasteiger partial charge in [0.05, 0.1) is 12.1 Å². The van der Waals surface area contributed by atoms with Gasteiger partial charge in [-0.15, -0.1) is 0 Å². The number of rotatable bonds is 0. The maximum atomic E-state index is 12.8. The third kappa shape index (κ3) is 2.00. The van der Waals surface area contributed by atoms with Gasteiger partial charge in [-0.05, 0) is 48.4 Å². The van der Waals surface area contributed by atoms with E-state index in [-0.39, 0.29) is 5.54 Å². The van der Waals surface area contributed by atoms with E-state index in [0.29, 0.717) is 18.2 Å². The lowest BCUT2D eigenvalue weighted by Crippen LogP contribution is -2.53. The first kappa shape index (κ1) is 13.8. The van der Waals surface area contributed by atoms with Crippen LogP contribution in [-0.4, -0.2) is 11.4 Å². The molecular weight excluding hydrogens is 326 g/mol. The number of fused-ring (bicyclic) bond motifs is 1. The van der Waals surface area contributed by atoms with Gasteiger partial charge in [-0.2, -0.15) is 0 Å². The van der Waals surface area contributed by atoms with E-state index in [1.165, 1.54) is 55.3 Å².